The van der Waals surface area contributed by atoms with Crippen molar-refractivity contribution >= 4 is 29.0 Å². The van der Waals surface area contributed by atoms with Gasteiger partial charge in [0.2, 0.25) is 0 Å². The van der Waals surface area contributed by atoms with Crippen LogP contribution in [-0.4, -0.2) is 34.1 Å². The van der Waals surface area contributed by atoms with Crippen molar-refractivity contribution in [2.45, 2.75) is 0 Å². The van der Waals surface area contributed by atoms with E-state index in [1.54, 1.807) is 0 Å². The van der Waals surface area contributed by atoms with Crippen molar-refractivity contribution in [3.8, 4) is 0 Å². The fraction of sp³-hybridized carbons (Fsp3) is 0. The second kappa shape index (κ2) is 4.30. The summed E-state index contributed by atoms with van der Waals surface area (Å²) in [5, 5.41) is 8.35. The Morgan fingerprint density at radius 2 is 1.73 bits per heavy atom. The second-order valence-corrected chi connectivity index (χ2v) is 1.81. The third-order valence-corrected chi connectivity index (χ3v) is 1.09. The highest BCUT2D eigenvalue weighted by Gasteiger charge is 1.99. The van der Waals surface area contributed by atoms with Crippen molar-refractivity contribution in [3.63, 3.8) is 0 Å². The molecule has 4 heteroatoms. The number of benzene rings is 1. The lowest BCUT2D eigenvalue weighted by Crippen LogP contribution is -1.94. The van der Waals surface area contributed by atoms with Crippen LogP contribution in [-0.2, 0) is 0 Å². The normalized spacial score (nSPS) is 8.45. The third-order valence-electron chi connectivity index (χ3n) is 1.09. The lowest BCUT2D eigenvalue weighted by molar-refractivity contribution is 0.0697. The van der Waals surface area contributed by atoms with Crippen molar-refractivity contribution in [2.24, 2.45) is 0 Å². The second-order valence-electron chi connectivity index (χ2n) is 1.81. The molecule has 0 bridgehead atoms. The first-order valence-electron chi connectivity index (χ1n) is 2.69. The van der Waals surface area contributed by atoms with Crippen LogP contribution < -0.4 is 0 Å². The maximum absolute atomic E-state index is 12.2. The van der Waals surface area contributed by atoms with Crippen LogP contribution in [0.2, 0.25) is 0 Å². The number of rotatable bonds is 1. The lowest BCUT2D eigenvalue weighted by Gasteiger charge is -1.90. The van der Waals surface area contributed by atoms with Crippen LogP contribution in [0.1, 0.15) is 10.4 Å². The van der Waals surface area contributed by atoms with Gasteiger partial charge in [-0.15, -0.1) is 0 Å². The Morgan fingerprint density at radius 1 is 1.27 bits per heavy atom. The SMILES string of the molecule is O=C(O)c1ccc(F)cc1.[MgH2]. The van der Waals surface area contributed by atoms with Crippen molar-refractivity contribution in [3.05, 3.63) is 35.6 Å². The van der Waals surface area contributed by atoms with E-state index in [0.717, 1.165) is 12.1 Å². The number of hydrogen-bond donors (Lipinski definition) is 1. The summed E-state index contributed by atoms with van der Waals surface area (Å²) < 4.78 is 12.2. The van der Waals surface area contributed by atoms with Gasteiger partial charge in [0.05, 0.1) is 5.56 Å². The molecule has 0 spiro atoms. The molecule has 0 aliphatic carbocycles. The molecule has 56 valence electrons. The topological polar surface area (TPSA) is 37.3 Å². The fourth-order valence-corrected chi connectivity index (χ4v) is 0.592. The number of halogens is 1. The Labute approximate surface area is 79.2 Å². The molecule has 0 atom stereocenters. The van der Waals surface area contributed by atoms with Gasteiger partial charge < -0.3 is 5.11 Å². The number of aromatic carboxylic acids is 1. The molecule has 0 aliphatic heterocycles. The van der Waals surface area contributed by atoms with E-state index in [4.69, 9.17) is 5.11 Å². The minimum atomic E-state index is -1.04. The van der Waals surface area contributed by atoms with Crippen molar-refractivity contribution in [1.82, 2.24) is 0 Å². The molecule has 0 aliphatic rings. The first kappa shape index (κ1) is 10.4. The van der Waals surface area contributed by atoms with Crippen LogP contribution in [0, 0.1) is 5.82 Å². The molecule has 0 saturated heterocycles. The van der Waals surface area contributed by atoms with E-state index in [0.29, 0.717) is 0 Å². The Hall–Kier alpha value is -0.614. The van der Waals surface area contributed by atoms with Gasteiger partial charge in [0.25, 0.3) is 0 Å². The molecular formula is C7H7FMgO2. The van der Waals surface area contributed by atoms with Crippen LogP contribution in [0.4, 0.5) is 4.39 Å². The first-order valence-corrected chi connectivity index (χ1v) is 2.69. The first-order chi connectivity index (χ1) is 4.70. The largest absolute Gasteiger partial charge is 0.478 e. The Balaban J connectivity index is 0.000001000. The molecule has 0 aromatic heterocycles. The summed E-state index contributed by atoms with van der Waals surface area (Å²) in [6.45, 7) is 0. The molecular weight excluding hydrogens is 159 g/mol. The van der Waals surface area contributed by atoms with Gasteiger partial charge >= 0.3 is 29.0 Å². The molecule has 1 aromatic rings. The van der Waals surface area contributed by atoms with Gasteiger partial charge in [-0.1, -0.05) is 0 Å². The summed E-state index contributed by atoms with van der Waals surface area (Å²) in [5.74, 6) is -1.47. The highest BCUT2D eigenvalue weighted by atomic mass is 24.3. The number of carboxylic acid groups (broad SMARTS) is 1. The summed E-state index contributed by atoms with van der Waals surface area (Å²) in [6.07, 6.45) is 0. The maximum atomic E-state index is 12.2. The van der Waals surface area contributed by atoms with E-state index < -0.39 is 11.8 Å². The van der Waals surface area contributed by atoms with E-state index in [9.17, 15) is 9.18 Å². The van der Waals surface area contributed by atoms with Gasteiger partial charge in [-0.25, -0.2) is 9.18 Å². The molecule has 1 N–H and O–H groups in total. The number of carbonyl (C=O) groups is 1. The molecule has 0 fully saturated rings. The van der Waals surface area contributed by atoms with Gasteiger partial charge in [-0.05, 0) is 24.3 Å². The zero-order chi connectivity index (χ0) is 7.56. The van der Waals surface area contributed by atoms with E-state index in [1.807, 2.05) is 0 Å². The van der Waals surface area contributed by atoms with Crippen molar-refractivity contribution in [2.75, 3.05) is 0 Å². The summed E-state index contributed by atoms with van der Waals surface area (Å²) in [6, 6.07) is 4.67. The van der Waals surface area contributed by atoms with Gasteiger partial charge in [-0.3, -0.25) is 0 Å². The molecule has 0 heterocycles. The van der Waals surface area contributed by atoms with Crippen LogP contribution in [0.15, 0.2) is 24.3 Å². The van der Waals surface area contributed by atoms with Crippen LogP contribution in [0.3, 0.4) is 0 Å². The maximum Gasteiger partial charge on any atom is 0.335 e. The predicted octanol–water partition coefficient (Wildman–Crippen LogP) is 0.608. The molecule has 11 heavy (non-hydrogen) atoms. The van der Waals surface area contributed by atoms with E-state index in [2.05, 4.69) is 0 Å². The lowest BCUT2D eigenvalue weighted by atomic mass is 10.2. The molecule has 0 unspecified atom stereocenters. The molecule has 0 radical (unpaired) electrons. The predicted molar refractivity (Wildman–Crippen MR) is 41.9 cm³/mol. The Morgan fingerprint density at radius 3 is 2.09 bits per heavy atom. The third kappa shape index (κ3) is 2.86. The van der Waals surface area contributed by atoms with E-state index >= 15 is 0 Å². The van der Waals surface area contributed by atoms with Gasteiger partial charge in [0.1, 0.15) is 5.82 Å². The van der Waals surface area contributed by atoms with Crippen molar-refractivity contribution in [1.29, 1.82) is 0 Å². The molecule has 0 amide bonds. The van der Waals surface area contributed by atoms with Crippen LogP contribution in [0.25, 0.3) is 0 Å². The quantitative estimate of drug-likeness (QED) is 0.621. The summed E-state index contributed by atoms with van der Waals surface area (Å²) in [5.41, 5.74) is 0.0985. The van der Waals surface area contributed by atoms with E-state index in [-0.39, 0.29) is 28.6 Å². The summed E-state index contributed by atoms with van der Waals surface area (Å²) in [7, 11) is 0. The molecule has 1 aromatic carbocycles. The van der Waals surface area contributed by atoms with Crippen LogP contribution in [0.5, 0.6) is 0 Å². The number of hydrogen-bond acceptors (Lipinski definition) is 1. The average molecular weight is 166 g/mol. The minimum Gasteiger partial charge on any atom is -0.478 e. The van der Waals surface area contributed by atoms with Gasteiger partial charge in [-0.2, -0.15) is 0 Å². The highest BCUT2D eigenvalue weighted by Crippen LogP contribution is 2.01. The zero-order valence-electron chi connectivity index (χ0n) is 5.04. The molecule has 0 saturated carbocycles. The summed E-state index contributed by atoms with van der Waals surface area (Å²) in [4.78, 5) is 10.2. The summed E-state index contributed by atoms with van der Waals surface area (Å²) >= 11 is 0. The van der Waals surface area contributed by atoms with Gasteiger partial charge in [0, 0.05) is 0 Å². The minimum absolute atomic E-state index is 0. The average Bonchev–Trinajstić information content (AvgIpc) is 1.88. The smallest absolute Gasteiger partial charge is 0.335 e. The fourth-order valence-electron chi connectivity index (χ4n) is 0.592. The Bertz CT molecular complexity index is 245. The monoisotopic (exact) mass is 166 g/mol. The standard InChI is InChI=1S/C7H5FO2.Mg.2H/c8-6-3-1-5(2-4-6)7(9)10;;;/h1-4H,(H,9,10);;;. The molecule has 2 nitrogen and oxygen atoms in total. The molecule has 1 rings (SSSR count). The van der Waals surface area contributed by atoms with Gasteiger partial charge in [0.15, 0.2) is 0 Å². The van der Waals surface area contributed by atoms with Crippen molar-refractivity contribution < 1.29 is 14.3 Å². The van der Waals surface area contributed by atoms with Crippen LogP contribution >= 0.6 is 0 Å². The zero-order valence-corrected chi connectivity index (χ0v) is 5.04. The highest BCUT2D eigenvalue weighted by molar-refractivity contribution is 5.87. The van der Waals surface area contributed by atoms with E-state index in [1.165, 1.54) is 12.1 Å². The Kier molecular flexibility index (Phi) is 4.06. The number of carboxylic acids is 1.